The Morgan fingerprint density at radius 2 is 1.64 bits per heavy atom. The monoisotopic (exact) mass is 241 g/mol. The van der Waals surface area contributed by atoms with Crippen LogP contribution in [0.5, 0.6) is 0 Å². The third-order valence-corrected chi connectivity index (χ3v) is 4.17. The lowest BCUT2D eigenvalue weighted by atomic mass is 10.1. The van der Waals surface area contributed by atoms with Crippen LogP contribution in [0.1, 0.15) is 12.8 Å². The van der Waals surface area contributed by atoms with Crippen molar-refractivity contribution in [2.75, 3.05) is 26.3 Å². The minimum atomic E-state index is -3.58. The molecule has 14 heavy (non-hydrogen) atoms. The average Bonchev–Trinajstić information content (AvgIpc) is 2.53. The van der Waals surface area contributed by atoms with Gasteiger partial charge in [0.15, 0.2) is 5.79 Å². The van der Waals surface area contributed by atoms with Gasteiger partial charge in [0.25, 0.3) is 9.24 Å². The number of piperidine rings is 1. The zero-order valence-electron chi connectivity index (χ0n) is 7.61. The predicted molar refractivity (Wildman–Crippen MR) is 50.2 cm³/mol. The largest absolute Gasteiger partial charge is 0.347 e. The smallest absolute Gasteiger partial charge is 0.299 e. The summed E-state index contributed by atoms with van der Waals surface area (Å²) in [5.74, 6) is -0.544. The van der Waals surface area contributed by atoms with Crippen LogP contribution < -0.4 is 0 Å². The van der Waals surface area contributed by atoms with Crippen LogP contribution in [-0.4, -0.2) is 44.8 Å². The summed E-state index contributed by atoms with van der Waals surface area (Å²) in [4.78, 5) is 0. The van der Waals surface area contributed by atoms with E-state index in [1.54, 1.807) is 0 Å². The van der Waals surface area contributed by atoms with E-state index in [2.05, 4.69) is 0 Å². The fraction of sp³-hybridized carbons (Fsp3) is 1.00. The molecule has 2 heterocycles. The Bertz CT molecular complexity index is 302. The highest BCUT2D eigenvalue weighted by atomic mass is 35.7. The van der Waals surface area contributed by atoms with Crippen molar-refractivity contribution in [3.63, 3.8) is 0 Å². The first-order valence-electron chi connectivity index (χ1n) is 4.50. The summed E-state index contributed by atoms with van der Waals surface area (Å²) in [6.45, 7) is 1.92. The highest BCUT2D eigenvalue weighted by Crippen LogP contribution is 2.32. The van der Waals surface area contributed by atoms with Gasteiger partial charge in [0, 0.05) is 36.6 Å². The summed E-state index contributed by atoms with van der Waals surface area (Å²) in [5.41, 5.74) is 0. The van der Waals surface area contributed by atoms with Crippen LogP contribution in [0.4, 0.5) is 0 Å². The van der Waals surface area contributed by atoms with E-state index >= 15 is 0 Å². The Kier molecular flexibility index (Phi) is 2.74. The lowest BCUT2D eigenvalue weighted by molar-refractivity contribution is -0.179. The Morgan fingerprint density at radius 3 is 2.07 bits per heavy atom. The molecule has 82 valence electrons. The molecule has 5 nitrogen and oxygen atoms in total. The summed E-state index contributed by atoms with van der Waals surface area (Å²) >= 11 is 0. The van der Waals surface area contributed by atoms with Crippen molar-refractivity contribution in [3.05, 3.63) is 0 Å². The zero-order valence-corrected chi connectivity index (χ0v) is 9.18. The molecule has 2 saturated heterocycles. The molecule has 0 saturated carbocycles. The summed E-state index contributed by atoms with van der Waals surface area (Å²) in [7, 11) is 1.65. The van der Waals surface area contributed by atoms with Gasteiger partial charge in [-0.2, -0.15) is 12.7 Å². The highest BCUT2D eigenvalue weighted by Gasteiger charge is 2.41. The molecule has 0 unspecified atom stereocenters. The maximum Gasteiger partial charge on any atom is 0.299 e. The Hall–Kier alpha value is 0.120. The fourth-order valence-corrected chi connectivity index (χ4v) is 2.86. The van der Waals surface area contributed by atoms with Crippen LogP contribution >= 0.6 is 10.7 Å². The van der Waals surface area contributed by atoms with E-state index in [0.717, 1.165) is 0 Å². The molecule has 2 aliphatic rings. The van der Waals surface area contributed by atoms with Gasteiger partial charge in [-0.25, -0.2) is 0 Å². The second-order valence-electron chi connectivity index (χ2n) is 3.45. The van der Waals surface area contributed by atoms with Gasteiger partial charge >= 0.3 is 0 Å². The van der Waals surface area contributed by atoms with Gasteiger partial charge < -0.3 is 9.47 Å². The molecule has 0 atom stereocenters. The number of hydrogen-bond acceptors (Lipinski definition) is 4. The Morgan fingerprint density at radius 1 is 1.14 bits per heavy atom. The van der Waals surface area contributed by atoms with Gasteiger partial charge in [-0.3, -0.25) is 0 Å². The van der Waals surface area contributed by atoms with Crippen LogP contribution in [0.25, 0.3) is 0 Å². The maximum absolute atomic E-state index is 11.0. The van der Waals surface area contributed by atoms with E-state index in [-0.39, 0.29) is 0 Å². The van der Waals surface area contributed by atoms with E-state index in [4.69, 9.17) is 20.2 Å². The number of hydrogen-bond donors (Lipinski definition) is 0. The molecule has 0 aromatic rings. The van der Waals surface area contributed by atoms with E-state index in [0.29, 0.717) is 39.1 Å². The molecule has 1 spiro atoms. The standard InChI is InChI=1S/C7H12ClNO4S/c8-14(10,11)9-3-1-7(2-4-9)12-5-6-13-7/h1-6H2. The van der Waals surface area contributed by atoms with Crippen LogP contribution in [0, 0.1) is 0 Å². The second kappa shape index (κ2) is 3.61. The first-order valence-corrected chi connectivity index (χ1v) is 6.76. The van der Waals surface area contributed by atoms with Crippen molar-refractivity contribution in [1.82, 2.24) is 4.31 Å². The van der Waals surface area contributed by atoms with Gasteiger partial charge in [0.2, 0.25) is 0 Å². The fourth-order valence-electron chi connectivity index (χ4n) is 1.83. The van der Waals surface area contributed by atoms with Crippen molar-refractivity contribution in [2.45, 2.75) is 18.6 Å². The first-order chi connectivity index (χ1) is 6.52. The van der Waals surface area contributed by atoms with E-state index < -0.39 is 15.0 Å². The summed E-state index contributed by atoms with van der Waals surface area (Å²) < 4.78 is 34.2. The molecule has 0 aromatic carbocycles. The lowest BCUT2D eigenvalue weighted by Crippen LogP contribution is -2.46. The van der Waals surface area contributed by atoms with Crippen LogP contribution in [0.15, 0.2) is 0 Å². The number of nitrogens with zero attached hydrogens (tertiary/aromatic N) is 1. The van der Waals surface area contributed by atoms with Crippen LogP contribution in [0.3, 0.4) is 0 Å². The number of rotatable bonds is 1. The first kappa shape index (κ1) is 10.6. The summed E-state index contributed by atoms with van der Waals surface area (Å²) in [5, 5.41) is 0. The number of halogens is 1. The molecule has 0 aliphatic carbocycles. The van der Waals surface area contributed by atoms with E-state index in [9.17, 15) is 8.42 Å². The zero-order chi connectivity index (χ0) is 10.2. The molecule has 2 rings (SSSR count). The second-order valence-corrected chi connectivity index (χ2v) is 5.96. The minimum Gasteiger partial charge on any atom is -0.347 e. The van der Waals surface area contributed by atoms with Gasteiger partial charge in [0.05, 0.1) is 13.2 Å². The SMILES string of the molecule is O=S(=O)(Cl)N1CCC2(CC1)OCCO2. The van der Waals surface area contributed by atoms with Gasteiger partial charge in [0.1, 0.15) is 0 Å². The van der Waals surface area contributed by atoms with Gasteiger partial charge in [-0.05, 0) is 0 Å². The third kappa shape index (κ3) is 2.04. The topological polar surface area (TPSA) is 55.8 Å². The minimum absolute atomic E-state index is 0.367. The summed E-state index contributed by atoms with van der Waals surface area (Å²) in [6, 6.07) is 0. The molecule has 0 N–H and O–H groups in total. The Balaban J connectivity index is 1.98. The molecule has 7 heteroatoms. The molecule has 2 fully saturated rings. The van der Waals surface area contributed by atoms with Crippen molar-refractivity contribution in [1.29, 1.82) is 0 Å². The molecule has 2 aliphatic heterocycles. The lowest BCUT2D eigenvalue weighted by Gasteiger charge is -2.35. The van der Waals surface area contributed by atoms with Crippen molar-refractivity contribution >= 4 is 19.9 Å². The molecule has 0 bridgehead atoms. The molecular weight excluding hydrogens is 230 g/mol. The van der Waals surface area contributed by atoms with Crippen LogP contribution in [-0.2, 0) is 18.7 Å². The Labute approximate surface area is 87.5 Å². The average molecular weight is 242 g/mol. The van der Waals surface area contributed by atoms with E-state index in [1.165, 1.54) is 4.31 Å². The normalized spacial score (nSPS) is 28.4. The van der Waals surface area contributed by atoms with Crippen molar-refractivity contribution < 1.29 is 17.9 Å². The van der Waals surface area contributed by atoms with E-state index in [1.807, 2.05) is 0 Å². The molecular formula is C7H12ClNO4S. The highest BCUT2D eigenvalue weighted by molar-refractivity contribution is 8.11. The van der Waals surface area contributed by atoms with Crippen molar-refractivity contribution in [2.24, 2.45) is 0 Å². The predicted octanol–water partition coefficient (Wildman–Crippen LogP) is 0.309. The molecule has 0 amide bonds. The van der Waals surface area contributed by atoms with Crippen molar-refractivity contribution in [3.8, 4) is 0 Å². The third-order valence-electron chi connectivity index (χ3n) is 2.61. The van der Waals surface area contributed by atoms with Crippen LogP contribution in [0.2, 0.25) is 0 Å². The summed E-state index contributed by atoms with van der Waals surface area (Å²) in [6.07, 6.45) is 1.11. The molecule has 0 aromatic heterocycles. The van der Waals surface area contributed by atoms with Gasteiger partial charge in [-0.15, -0.1) is 0 Å². The number of ether oxygens (including phenoxy) is 2. The maximum atomic E-state index is 11.0. The van der Waals surface area contributed by atoms with Gasteiger partial charge in [-0.1, -0.05) is 0 Å². The molecule has 0 radical (unpaired) electrons. The quantitative estimate of drug-likeness (QED) is 0.620.